The standard InChI is InChI=1S/C5H8N2O2/c1-9-3-5-2-7(8)4-6-5/h2,4,8H,3H2,1H3. The van der Waals surface area contributed by atoms with Crippen molar-refractivity contribution in [3.05, 3.63) is 18.2 Å². The zero-order valence-electron chi connectivity index (χ0n) is 5.11. The summed E-state index contributed by atoms with van der Waals surface area (Å²) in [6.45, 7) is 0.438. The van der Waals surface area contributed by atoms with Gasteiger partial charge in [0.25, 0.3) is 0 Å². The number of imidazole rings is 1. The summed E-state index contributed by atoms with van der Waals surface area (Å²) in [7, 11) is 1.58. The Balaban J connectivity index is 2.61. The molecule has 0 aliphatic rings. The maximum atomic E-state index is 8.68. The molecular formula is C5H8N2O2. The van der Waals surface area contributed by atoms with Crippen molar-refractivity contribution < 1.29 is 9.94 Å². The molecule has 9 heavy (non-hydrogen) atoms. The van der Waals surface area contributed by atoms with Crippen LogP contribution in [0.2, 0.25) is 0 Å². The first-order chi connectivity index (χ1) is 4.33. The van der Waals surface area contributed by atoms with Crippen molar-refractivity contribution in [3.63, 3.8) is 0 Å². The average Bonchev–Trinajstić information content (AvgIpc) is 2.17. The number of rotatable bonds is 2. The van der Waals surface area contributed by atoms with E-state index in [0.717, 1.165) is 10.4 Å². The highest BCUT2D eigenvalue weighted by molar-refractivity contribution is 4.92. The quantitative estimate of drug-likeness (QED) is 0.581. The van der Waals surface area contributed by atoms with Crippen LogP contribution in [0, 0.1) is 0 Å². The Morgan fingerprint density at radius 2 is 2.67 bits per heavy atom. The maximum Gasteiger partial charge on any atom is 0.132 e. The zero-order valence-corrected chi connectivity index (χ0v) is 5.11. The summed E-state index contributed by atoms with van der Waals surface area (Å²) >= 11 is 0. The molecule has 0 atom stereocenters. The van der Waals surface area contributed by atoms with E-state index < -0.39 is 0 Å². The second kappa shape index (κ2) is 2.50. The van der Waals surface area contributed by atoms with Gasteiger partial charge in [-0.25, -0.2) is 4.98 Å². The minimum absolute atomic E-state index is 0.438. The van der Waals surface area contributed by atoms with Crippen LogP contribution in [0.3, 0.4) is 0 Å². The van der Waals surface area contributed by atoms with Crippen molar-refractivity contribution in [2.24, 2.45) is 0 Å². The van der Waals surface area contributed by atoms with Gasteiger partial charge in [-0.05, 0) is 0 Å². The van der Waals surface area contributed by atoms with Crippen LogP contribution in [-0.4, -0.2) is 22.0 Å². The molecule has 4 heteroatoms. The summed E-state index contributed by atoms with van der Waals surface area (Å²) in [5.41, 5.74) is 0.722. The van der Waals surface area contributed by atoms with E-state index in [0.29, 0.717) is 6.61 Å². The minimum atomic E-state index is 0.438. The first kappa shape index (κ1) is 6.10. The van der Waals surface area contributed by atoms with Crippen molar-refractivity contribution in [2.45, 2.75) is 6.61 Å². The normalized spacial score (nSPS) is 9.89. The Morgan fingerprint density at radius 1 is 1.89 bits per heavy atom. The molecule has 0 bridgehead atoms. The van der Waals surface area contributed by atoms with Crippen molar-refractivity contribution in [2.75, 3.05) is 7.11 Å². The third-order valence-corrected chi connectivity index (χ3v) is 0.915. The van der Waals surface area contributed by atoms with Crippen LogP contribution in [0.25, 0.3) is 0 Å². The third-order valence-electron chi connectivity index (χ3n) is 0.915. The second-order valence-corrected chi connectivity index (χ2v) is 1.68. The van der Waals surface area contributed by atoms with Gasteiger partial charge >= 0.3 is 0 Å². The molecule has 50 valence electrons. The number of methoxy groups -OCH3 is 1. The topological polar surface area (TPSA) is 47.3 Å². The van der Waals surface area contributed by atoms with Gasteiger partial charge in [-0.15, -0.1) is 0 Å². The van der Waals surface area contributed by atoms with Gasteiger partial charge in [0.1, 0.15) is 6.33 Å². The first-order valence-corrected chi connectivity index (χ1v) is 2.54. The highest BCUT2D eigenvalue weighted by atomic mass is 16.5. The summed E-state index contributed by atoms with van der Waals surface area (Å²) in [4.78, 5) is 3.79. The molecule has 0 aliphatic heterocycles. The molecule has 0 saturated carbocycles. The third kappa shape index (κ3) is 1.43. The second-order valence-electron chi connectivity index (χ2n) is 1.68. The lowest BCUT2D eigenvalue weighted by atomic mass is 10.5. The van der Waals surface area contributed by atoms with Crippen LogP contribution in [-0.2, 0) is 11.3 Å². The van der Waals surface area contributed by atoms with E-state index in [2.05, 4.69) is 4.98 Å². The van der Waals surface area contributed by atoms with E-state index in [4.69, 9.17) is 9.94 Å². The molecule has 0 fully saturated rings. The fourth-order valence-electron chi connectivity index (χ4n) is 0.575. The molecule has 0 unspecified atom stereocenters. The fourth-order valence-corrected chi connectivity index (χ4v) is 0.575. The highest BCUT2D eigenvalue weighted by Crippen LogP contribution is 1.93. The van der Waals surface area contributed by atoms with Crippen LogP contribution >= 0.6 is 0 Å². The lowest BCUT2D eigenvalue weighted by Crippen LogP contribution is -1.86. The molecule has 1 heterocycles. The van der Waals surface area contributed by atoms with Crippen molar-refractivity contribution in [1.29, 1.82) is 0 Å². The fraction of sp³-hybridized carbons (Fsp3) is 0.400. The van der Waals surface area contributed by atoms with Gasteiger partial charge in [0, 0.05) is 7.11 Å². The Morgan fingerprint density at radius 3 is 3.11 bits per heavy atom. The molecule has 1 aromatic rings. The molecule has 0 aromatic carbocycles. The molecule has 0 saturated heterocycles. The minimum Gasteiger partial charge on any atom is -0.427 e. The smallest absolute Gasteiger partial charge is 0.132 e. The van der Waals surface area contributed by atoms with Crippen LogP contribution in [0.4, 0.5) is 0 Å². The van der Waals surface area contributed by atoms with E-state index >= 15 is 0 Å². The summed E-state index contributed by atoms with van der Waals surface area (Å²) in [6, 6.07) is 0. The van der Waals surface area contributed by atoms with Gasteiger partial charge in [-0.3, -0.25) is 0 Å². The Hall–Kier alpha value is -1.03. The lowest BCUT2D eigenvalue weighted by molar-refractivity contribution is 0.174. The summed E-state index contributed by atoms with van der Waals surface area (Å²) in [5.74, 6) is 0. The number of ether oxygens (including phenoxy) is 1. The van der Waals surface area contributed by atoms with E-state index in [1.807, 2.05) is 0 Å². The molecule has 4 nitrogen and oxygen atoms in total. The van der Waals surface area contributed by atoms with Gasteiger partial charge in [0.05, 0.1) is 18.5 Å². The van der Waals surface area contributed by atoms with Gasteiger partial charge in [-0.2, -0.15) is 4.73 Å². The molecular weight excluding hydrogens is 120 g/mol. The van der Waals surface area contributed by atoms with Gasteiger partial charge < -0.3 is 9.94 Å². The number of aromatic nitrogens is 2. The van der Waals surface area contributed by atoms with Crippen molar-refractivity contribution >= 4 is 0 Å². The Labute approximate surface area is 52.7 Å². The van der Waals surface area contributed by atoms with E-state index in [-0.39, 0.29) is 0 Å². The molecule has 0 amide bonds. The van der Waals surface area contributed by atoms with E-state index in [1.165, 1.54) is 12.5 Å². The van der Waals surface area contributed by atoms with E-state index in [9.17, 15) is 0 Å². The number of hydrogen-bond donors (Lipinski definition) is 1. The van der Waals surface area contributed by atoms with Crippen LogP contribution in [0.1, 0.15) is 5.69 Å². The summed E-state index contributed by atoms with van der Waals surface area (Å²) in [6.07, 6.45) is 2.80. The number of hydrogen-bond acceptors (Lipinski definition) is 3. The molecule has 0 spiro atoms. The van der Waals surface area contributed by atoms with Crippen LogP contribution in [0.15, 0.2) is 12.5 Å². The van der Waals surface area contributed by atoms with Gasteiger partial charge in [0.2, 0.25) is 0 Å². The SMILES string of the molecule is COCc1cn(O)cn1. The summed E-state index contributed by atoms with van der Waals surface area (Å²) < 4.78 is 5.65. The molecule has 1 N–H and O–H groups in total. The Bertz CT molecular complexity index is 185. The average molecular weight is 128 g/mol. The Kier molecular flexibility index (Phi) is 1.69. The maximum absolute atomic E-state index is 8.68. The first-order valence-electron chi connectivity index (χ1n) is 2.54. The van der Waals surface area contributed by atoms with Gasteiger partial charge in [-0.1, -0.05) is 0 Å². The van der Waals surface area contributed by atoms with Crippen LogP contribution < -0.4 is 0 Å². The lowest BCUT2D eigenvalue weighted by Gasteiger charge is -1.88. The summed E-state index contributed by atoms with van der Waals surface area (Å²) in [5, 5.41) is 8.68. The highest BCUT2D eigenvalue weighted by Gasteiger charge is 1.93. The van der Waals surface area contributed by atoms with Crippen molar-refractivity contribution in [3.8, 4) is 0 Å². The predicted molar refractivity (Wildman–Crippen MR) is 30.1 cm³/mol. The monoisotopic (exact) mass is 128 g/mol. The molecule has 1 rings (SSSR count). The largest absolute Gasteiger partial charge is 0.427 e. The predicted octanol–water partition coefficient (Wildman–Crippen LogP) is 0.267. The molecule has 0 radical (unpaired) electrons. The molecule has 1 aromatic heterocycles. The van der Waals surface area contributed by atoms with Crippen molar-refractivity contribution in [1.82, 2.24) is 9.71 Å². The number of nitrogens with zero attached hydrogens (tertiary/aromatic N) is 2. The van der Waals surface area contributed by atoms with Gasteiger partial charge in [0.15, 0.2) is 0 Å². The van der Waals surface area contributed by atoms with Crippen LogP contribution in [0.5, 0.6) is 0 Å². The zero-order chi connectivity index (χ0) is 6.69. The molecule has 0 aliphatic carbocycles. The van der Waals surface area contributed by atoms with E-state index in [1.54, 1.807) is 7.11 Å².